The molecule has 0 saturated carbocycles. The van der Waals surface area contributed by atoms with Gasteiger partial charge in [-0.3, -0.25) is 4.79 Å². The summed E-state index contributed by atoms with van der Waals surface area (Å²) in [6.45, 7) is 3.81. The molecule has 0 aliphatic carbocycles. The first-order valence-corrected chi connectivity index (χ1v) is 30.4. The van der Waals surface area contributed by atoms with Crippen molar-refractivity contribution in [1.82, 2.24) is 5.32 Å². The van der Waals surface area contributed by atoms with Crippen LogP contribution < -0.4 is 5.32 Å². The quantitative estimate of drug-likeness (QED) is 0.0261. The molecule has 1 fully saturated rings. The van der Waals surface area contributed by atoms with Crippen molar-refractivity contribution in [1.29, 1.82) is 0 Å². The van der Waals surface area contributed by atoms with Crippen molar-refractivity contribution < 1.29 is 39.8 Å². The van der Waals surface area contributed by atoms with E-state index in [0.29, 0.717) is 12.8 Å². The van der Waals surface area contributed by atoms with Crippen LogP contribution in [0.4, 0.5) is 0 Å². The predicted octanol–water partition coefficient (Wildman–Crippen LogP) is 15.2. The number of nitrogens with one attached hydrogen (secondary N) is 1. The number of ether oxygens (including phenoxy) is 2. The van der Waals surface area contributed by atoms with Gasteiger partial charge in [-0.05, 0) is 38.5 Å². The van der Waals surface area contributed by atoms with E-state index in [0.717, 1.165) is 38.5 Å². The average Bonchev–Trinajstić information content (AvgIpc) is 3.35. The van der Waals surface area contributed by atoms with E-state index in [2.05, 4.69) is 31.3 Å². The lowest BCUT2D eigenvalue weighted by atomic mass is 9.99. The van der Waals surface area contributed by atoms with Crippen LogP contribution >= 0.6 is 0 Å². The van der Waals surface area contributed by atoms with Gasteiger partial charge in [0.15, 0.2) is 6.29 Å². The summed E-state index contributed by atoms with van der Waals surface area (Å²) in [6.07, 6.45) is 56.1. The Kier molecular flexibility index (Phi) is 48.2. The molecule has 0 radical (unpaired) electrons. The first-order chi connectivity index (χ1) is 33.8. The van der Waals surface area contributed by atoms with Crippen LogP contribution in [0.2, 0.25) is 0 Å². The Morgan fingerprint density at radius 2 is 0.812 bits per heavy atom. The summed E-state index contributed by atoms with van der Waals surface area (Å²) < 4.78 is 11.2. The average molecular weight is 981 g/mol. The monoisotopic (exact) mass is 980 g/mol. The second kappa shape index (κ2) is 50.5. The fraction of sp³-hybridized carbons (Fsp3) is 0.950. The van der Waals surface area contributed by atoms with Crippen molar-refractivity contribution in [3.8, 4) is 0 Å². The number of hydrogen-bond donors (Lipinski definition) is 6. The minimum Gasteiger partial charge on any atom is -0.394 e. The molecule has 7 atom stereocenters. The number of amides is 1. The van der Waals surface area contributed by atoms with Crippen LogP contribution in [-0.4, -0.2) is 87.5 Å². The molecule has 0 aromatic carbocycles. The number of aliphatic hydroxyl groups excluding tert-OH is 5. The van der Waals surface area contributed by atoms with Crippen LogP contribution in [0.5, 0.6) is 0 Å². The number of allylic oxidation sites excluding steroid dienone is 2. The van der Waals surface area contributed by atoms with E-state index < -0.39 is 49.5 Å². The number of hydrogen-bond acceptors (Lipinski definition) is 8. The molecular formula is C60H117NO8. The van der Waals surface area contributed by atoms with Crippen LogP contribution in [0.25, 0.3) is 0 Å². The largest absolute Gasteiger partial charge is 0.394 e. The van der Waals surface area contributed by atoms with Crippen LogP contribution in [0.1, 0.15) is 309 Å². The molecule has 0 aromatic rings. The Hall–Kier alpha value is -1.07. The van der Waals surface area contributed by atoms with E-state index in [1.54, 1.807) is 0 Å². The molecule has 1 saturated heterocycles. The highest BCUT2D eigenvalue weighted by Gasteiger charge is 2.44. The highest BCUT2D eigenvalue weighted by atomic mass is 16.7. The van der Waals surface area contributed by atoms with Crippen LogP contribution in [0.15, 0.2) is 12.2 Å². The standard InChI is InChI=1S/C60H117NO8/c1-3-5-7-9-11-12-13-14-15-16-17-18-19-20-21-22-23-24-25-26-27-28-29-30-31-32-33-34-35-36-37-38-39-40-41-42-44-46-48-50-56(64)61-53(54(63)49-47-45-43-10-8-6-4-2)52-68-60-59(67)58(66)57(65)55(51-62)69-60/h16-17,53-55,57-60,62-63,65-67H,3-15,18-52H2,1-2H3,(H,61,64)/b17-16-. The van der Waals surface area contributed by atoms with Gasteiger partial charge in [-0.15, -0.1) is 0 Å². The molecule has 0 spiro atoms. The number of rotatable bonds is 53. The lowest BCUT2D eigenvalue weighted by Gasteiger charge is -2.40. The second-order valence-electron chi connectivity index (χ2n) is 21.5. The Labute approximate surface area is 426 Å². The third kappa shape index (κ3) is 40.1. The summed E-state index contributed by atoms with van der Waals surface area (Å²) in [7, 11) is 0. The summed E-state index contributed by atoms with van der Waals surface area (Å²) in [5.74, 6) is -0.142. The zero-order chi connectivity index (χ0) is 50.1. The molecule has 1 aliphatic rings. The van der Waals surface area contributed by atoms with Crippen LogP contribution in [0, 0.1) is 0 Å². The normalized spacial score (nSPS) is 19.4. The van der Waals surface area contributed by atoms with Crippen molar-refractivity contribution >= 4 is 5.91 Å². The predicted molar refractivity (Wildman–Crippen MR) is 291 cm³/mol. The van der Waals surface area contributed by atoms with Gasteiger partial charge in [-0.2, -0.15) is 0 Å². The molecule has 1 aliphatic heterocycles. The lowest BCUT2D eigenvalue weighted by molar-refractivity contribution is -0.302. The molecule has 9 heteroatoms. The lowest BCUT2D eigenvalue weighted by Crippen LogP contribution is -2.60. The number of aliphatic hydroxyl groups is 5. The van der Waals surface area contributed by atoms with Crippen molar-refractivity contribution in [2.24, 2.45) is 0 Å². The van der Waals surface area contributed by atoms with Gasteiger partial charge < -0.3 is 40.3 Å². The zero-order valence-electron chi connectivity index (χ0n) is 45.6. The molecule has 1 rings (SSSR count). The number of carbonyl (C=O) groups is 1. The Balaban J connectivity index is 1.93. The summed E-state index contributed by atoms with van der Waals surface area (Å²) in [6, 6.07) is -0.711. The molecule has 7 unspecified atom stereocenters. The number of unbranched alkanes of at least 4 members (excludes halogenated alkanes) is 41. The minimum absolute atomic E-state index is 0.134. The number of carbonyl (C=O) groups excluding carboxylic acids is 1. The van der Waals surface area contributed by atoms with Gasteiger partial charge in [0.1, 0.15) is 24.4 Å². The van der Waals surface area contributed by atoms with Gasteiger partial charge in [0, 0.05) is 6.42 Å². The second-order valence-corrected chi connectivity index (χ2v) is 21.5. The molecule has 1 amide bonds. The highest BCUT2D eigenvalue weighted by Crippen LogP contribution is 2.23. The van der Waals surface area contributed by atoms with E-state index in [9.17, 15) is 30.3 Å². The molecule has 1 heterocycles. The summed E-state index contributed by atoms with van der Waals surface area (Å²) in [5, 5.41) is 54.2. The van der Waals surface area contributed by atoms with Crippen molar-refractivity contribution in [3.63, 3.8) is 0 Å². The molecule has 0 bridgehead atoms. The van der Waals surface area contributed by atoms with Gasteiger partial charge in [0.05, 0.1) is 25.4 Å². The van der Waals surface area contributed by atoms with Gasteiger partial charge in [-0.1, -0.05) is 276 Å². The topological polar surface area (TPSA) is 149 Å². The van der Waals surface area contributed by atoms with E-state index in [-0.39, 0.29) is 12.5 Å². The zero-order valence-corrected chi connectivity index (χ0v) is 45.6. The van der Waals surface area contributed by atoms with Crippen molar-refractivity contribution in [2.75, 3.05) is 13.2 Å². The van der Waals surface area contributed by atoms with E-state index in [1.165, 1.54) is 244 Å². The summed E-state index contributed by atoms with van der Waals surface area (Å²) in [4.78, 5) is 13.0. The molecular weight excluding hydrogens is 863 g/mol. The molecule has 410 valence electrons. The van der Waals surface area contributed by atoms with Gasteiger partial charge in [0.25, 0.3) is 0 Å². The maximum absolute atomic E-state index is 13.0. The Morgan fingerprint density at radius 1 is 0.478 bits per heavy atom. The first-order valence-electron chi connectivity index (χ1n) is 30.4. The smallest absolute Gasteiger partial charge is 0.220 e. The minimum atomic E-state index is -1.55. The van der Waals surface area contributed by atoms with E-state index in [4.69, 9.17) is 9.47 Å². The molecule has 0 aromatic heterocycles. The fourth-order valence-electron chi connectivity index (χ4n) is 10.0. The van der Waals surface area contributed by atoms with Crippen molar-refractivity contribution in [3.05, 3.63) is 12.2 Å². The van der Waals surface area contributed by atoms with Gasteiger partial charge in [0.2, 0.25) is 5.91 Å². The van der Waals surface area contributed by atoms with Crippen LogP contribution in [-0.2, 0) is 14.3 Å². The Bertz CT molecular complexity index is 1090. The van der Waals surface area contributed by atoms with Gasteiger partial charge in [-0.25, -0.2) is 0 Å². The van der Waals surface area contributed by atoms with Crippen molar-refractivity contribution in [2.45, 2.75) is 352 Å². The van der Waals surface area contributed by atoms with Crippen LogP contribution in [0.3, 0.4) is 0 Å². The van der Waals surface area contributed by atoms with E-state index >= 15 is 0 Å². The fourth-order valence-corrected chi connectivity index (χ4v) is 10.0. The van der Waals surface area contributed by atoms with E-state index in [1.807, 2.05) is 0 Å². The Morgan fingerprint density at radius 3 is 1.17 bits per heavy atom. The van der Waals surface area contributed by atoms with Gasteiger partial charge >= 0.3 is 0 Å². The third-order valence-corrected chi connectivity index (χ3v) is 14.9. The maximum Gasteiger partial charge on any atom is 0.220 e. The highest BCUT2D eigenvalue weighted by molar-refractivity contribution is 5.76. The SMILES string of the molecule is CCCCCCCCCC/C=C\CCCCCCCCCCCCCCCCCCCCCCCCCCCCCC(=O)NC(COC1OC(CO)C(O)C(O)C1O)C(O)CCCCCCCCC. The summed E-state index contributed by atoms with van der Waals surface area (Å²) in [5.41, 5.74) is 0. The molecule has 69 heavy (non-hydrogen) atoms. The maximum atomic E-state index is 13.0. The molecule has 6 N–H and O–H groups in total. The molecule has 9 nitrogen and oxygen atoms in total. The first kappa shape index (κ1) is 65.9. The third-order valence-electron chi connectivity index (χ3n) is 14.9. The summed E-state index contributed by atoms with van der Waals surface area (Å²) >= 11 is 0.